The Hall–Kier alpha value is -2.70. The third-order valence-corrected chi connectivity index (χ3v) is 3.13. The summed E-state index contributed by atoms with van der Waals surface area (Å²) in [7, 11) is 1.33. The van der Waals surface area contributed by atoms with Gasteiger partial charge in [0.25, 0.3) is 5.78 Å². The van der Waals surface area contributed by atoms with Gasteiger partial charge in [-0.15, -0.1) is 5.10 Å². The highest BCUT2D eigenvalue weighted by molar-refractivity contribution is 5.71. The number of hydrogen-bond acceptors (Lipinski definition) is 6. The number of ether oxygens (including phenoxy) is 1. The molecule has 0 unspecified atom stereocenters. The summed E-state index contributed by atoms with van der Waals surface area (Å²) in [6, 6.07) is 3.77. The van der Waals surface area contributed by atoms with Gasteiger partial charge in [0.1, 0.15) is 17.9 Å². The van der Waals surface area contributed by atoms with E-state index in [0.29, 0.717) is 11.6 Å². The van der Waals surface area contributed by atoms with Crippen molar-refractivity contribution in [2.75, 3.05) is 7.11 Å². The fourth-order valence-electron chi connectivity index (χ4n) is 2.20. The zero-order valence-corrected chi connectivity index (χ0v) is 12.0. The Kier molecular flexibility index (Phi) is 3.17. The zero-order valence-electron chi connectivity index (χ0n) is 12.0. The number of nitrogens with zero attached hydrogens (tertiary/aromatic N) is 4. The molecule has 0 atom stereocenters. The van der Waals surface area contributed by atoms with Crippen LogP contribution < -0.4 is 0 Å². The number of rotatable bonds is 3. The molecule has 7 nitrogen and oxygen atoms in total. The molecule has 0 aromatic carbocycles. The van der Waals surface area contributed by atoms with Crippen LogP contribution in [0.1, 0.15) is 17.3 Å². The molecule has 0 bridgehead atoms. The molecule has 0 spiro atoms. The Labute approximate surface area is 120 Å². The van der Waals surface area contributed by atoms with Gasteiger partial charge in [0.2, 0.25) is 0 Å². The van der Waals surface area contributed by atoms with Crippen molar-refractivity contribution < 1.29 is 13.9 Å². The SMILES string of the molecule is COC(=O)Cc1nc2nccc(-c3cc(C)oc3C)n2n1. The predicted octanol–water partition coefficient (Wildman–Crippen LogP) is 1.72. The Morgan fingerprint density at radius 2 is 2.24 bits per heavy atom. The highest BCUT2D eigenvalue weighted by Gasteiger charge is 2.15. The van der Waals surface area contributed by atoms with Gasteiger partial charge in [-0.3, -0.25) is 4.79 Å². The molecule has 0 amide bonds. The Balaban J connectivity index is 2.11. The number of aryl methyl sites for hydroxylation is 2. The third kappa shape index (κ3) is 2.37. The first kappa shape index (κ1) is 13.3. The molecule has 0 aliphatic carbocycles. The van der Waals surface area contributed by atoms with Crippen LogP contribution in [0.3, 0.4) is 0 Å². The average Bonchev–Trinajstić information content (AvgIpc) is 3.00. The standard InChI is InChI=1S/C14H14N4O3/c1-8-6-10(9(2)21-8)11-4-5-15-14-16-12(17-18(11)14)7-13(19)20-3/h4-6H,7H2,1-3H3. The van der Waals surface area contributed by atoms with E-state index in [2.05, 4.69) is 19.8 Å². The van der Waals surface area contributed by atoms with E-state index in [-0.39, 0.29) is 12.4 Å². The van der Waals surface area contributed by atoms with Crippen LogP contribution in [-0.4, -0.2) is 32.7 Å². The Morgan fingerprint density at radius 3 is 2.90 bits per heavy atom. The molecule has 0 aliphatic heterocycles. The van der Waals surface area contributed by atoms with Gasteiger partial charge in [-0.25, -0.2) is 4.98 Å². The van der Waals surface area contributed by atoms with Crippen molar-refractivity contribution in [1.82, 2.24) is 19.6 Å². The van der Waals surface area contributed by atoms with Crippen LogP contribution in [0.4, 0.5) is 0 Å². The van der Waals surface area contributed by atoms with E-state index in [1.54, 1.807) is 10.7 Å². The second kappa shape index (κ2) is 5.01. The second-order valence-corrected chi connectivity index (χ2v) is 4.65. The molecule has 0 N–H and O–H groups in total. The average molecular weight is 286 g/mol. The largest absolute Gasteiger partial charge is 0.469 e. The molecule has 108 valence electrons. The van der Waals surface area contributed by atoms with Crippen LogP contribution in [-0.2, 0) is 16.0 Å². The lowest BCUT2D eigenvalue weighted by Gasteiger charge is -2.01. The number of carbonyl (C=O) groups excluding carboxylic acids is 1. The van der Waals surface area contributed by atoms with E-state index in [0.717, 1.165) is 22.8 Å². The van der Waals surface area contributed by atoms with Crippen LogP contribution in [0.5, 0.6) is 0 Å². The maximum atomic E-state index is 11.3. The minimum atomic E-state index is -0.386. The van der Waals surface area contributed by atoms with Gasteiger partial charge < -0.3 is 9.15 Å². The van der Waals surface area contributed by atoms with Gasteiger partial charge in [-0.05, 0) is 26.0 Å². The smallest absolute Gasteiger partial charge is 0.313 e. The molecular weight excluding hydrogens is 272 g/mol. The lowest BCUT2D eigenvalue weighted by Crippen LogP contribution is -2.06. The summed E-state index contributed by atoms with van der Waals surface area (Å²) in [5.41, 5.74) is 1.74. The predicted molar refractivity (Wildman–Crippen MR) is 73.7 cm³/mol. The topological polar surface area (TPSA) is 82.5 Å². The van der Waals surface area contributed by atoms with Crippen molar-refractivity contribution in [3.05, 3.63) is 35.7 Å². The molecule has 0 radical (unpaired) electrons. The van der Waals surface area contributed by atoms with Gasteiger partial charge in [0, 0.05) is 11.8 Å². The van der Waals surface area contributed by atoms with E-state index in [9.17, 15) is 4.79 Å². The van der Waals surface area contributed by atoms with Crippen molar-refractivity contribution in [2.24, 2.45) is 0 Å². The van der Waals surface area contributed by atoms with E-state index < -0.39 is 0 Å². The van der Waals surface area contributed by atoms with Crippen molar-refractivity contribution in [1.29, 1.82) is 0 Å². The number of fused-ring (bicyclic) bond motifs is 1. The van der Waals surface area contributed by atoms with Crippen LogP contribution in [0, 0.1) is 13.8 Å². The van der Waals surface area contributed by atoms with Crippen molar-refractivity contribution in [3.63, 3.8) is 0 Å². The highest BCUT2D eigenvalue weighted by atomic mass is 16.5. The summed E-state index contributed by atoms with van der Waals surface area (Å²) in [5.74, 6) is 2.04. The summed E-state index contributed by atoms with van der Waals surface area (Å²) in [5, 5.41) is 4.33. The lowest BCUT2D eigenvalue weighted by molar-refractivity contribution is -0.139. The van der Waals surface area contributed by atoms with Crippen molar-refractivity contribution in [2.45, 2.75) is 20.3 Å². The van der Waals surface area contributed by atoms with E-state index in [4.69, 9.17) is 4.42 Å². The minimum absolute atomic E-state index is 0.0166. The summed E-state index contributed by atoms with van der Waals surface area (Å²) < 4.78 is 11.8. The van der Waals surface area contributed by atoms with E-state index in [1.165, 1.54) is 7.11 Å². The minimum Gasteiger partial charge on any atom is -0.469 e. The Bertz CT molecular complexity index is 819. The monoisotopic (exact) mass is 286 g/mol. The first-order valence-corrected chi connectivity index (χ1v) is 6.43. The molecule has 0 fully saturated rings. The molecule has 3 rings (SSSR count). The van der Waals surface area contributed by atoms with Crippen LogP contribution in [0.25, 0.3) is 17.0 Å². The second-order valence-electron chi connectivity index (χ2n) is 4.65. The first-order chi connectivity index (χ1) is 10.1. The van der Waals surface area contributed by atoms with Crippen LogP contribution >= 0.6 is 0 Å². The molecule has 21 heavy (non-hydrogen) atoms. The number of carbonyl (C=O) groups is 1. The van der Waals surface area contributed by atoms with Gasteiger partial charge in [0.15, 0.2) is 5.82 Å². The number of esters is 1. The first-order valence-electron chi connectivity index (χ1n) is 6.43. The maximum absolute atomic E-state index is 11.3. The summed E-state index contributed by atoms with van der Waals surface area (Å²) in [6.07, 6.45) is 1.67. The molecule has 3 heterocycles. The number of hydrogen-bond donors (Lipinski definition) is 0. The van der Waals surface area contributed by atoms with Crippen LogP contribution in [0.15, 0.2) is 22.7 Å². The summed E-state index contributed by atoms with van der Waals surface area (Å²) in [6.45, 7) is 3.78. The van der Waals surface area contributed by atoms with E-state index >= 15 is 0 Å². The van der Waals surface area contributed by atoms with Crippen molar-refractivity contribution in [3.8, 4) is 11.3 Å². The summed E-state index contributed by atoms with van der Waals surface area (Å²) >= 11 is 0. The lowest BCUT2D eigenvalue weighted by atomic mass is 10.2. The number of furan rings is 1. The molecule has 7 heteroatoms. The molecule has 0 saturated heterocycles. The van der Waals surface area contributed by atoms with Gasteiger partial charge in [-0.2, -0.15) is 9.50 Å². The quantitative estimate of drug-likeness (QED) is 0.682. The van der Waals surface area contributed by atoms with E-state index in [1.807, 2.05) is 26.0 Å². The van der Waals surface area contributed by atoms with Gasteiger partial charge in [0.05, 0.1) is 12.8 Å². The molecule has 0 aliphatic rings. The molecular formula is C14H14N4O3. The number of aromatic nitrogens is 4. The van der Waals surface area contributed by atoms with Crippen molar-refractivity contribution >= 4 is 11.7 Å². The highest BCUT2D eigenvalue weighted by Crippen LogP contribution is 2.26. The molecule has 3 aromatic heterocycles. The Morgan fingerprint density at radius 1 is 1.43 bits per heavy atom. The molecule has 0 saturated carbocycles. The van der Waals surface area contributed by atoms with Crippen LogP contribution in [0.2, 0.25) is 0 Å². The summed E-state index contributed by atoms with van der Waals surface area (Å²) in [4.78, 5) is 19.7. The van der Waals surface area contributed by atoms with Gasteiger partial charge in [-0.1, -0.05) is 0 Å². The molecule has 3 aromatic rings. The maximum Gasteiger partial charge on any atom is 0.313 e. The fraction of sp³-hybridized carbons (Fsp3) is 0.286. The van der Waals surface area contributed by atoms with Gasteiger partial charge >= 0.3 is 5.97 Å². The third-order valence-electron chi connectivity index (χ3n) is 3.13. The fourth-order valence-corrected chi connectivity index (χ4v) is 2.20. The number of methoxy groups -OCH3 is 1. The normalized spacial score (nSPS) is 11.0. The zero-order chi connectivity index (χ0) is 15.0.